The van der Waals surface area contributed by atoms with Crippen LogP contribution in [0.25, 0.3) is 0 Å². The third kappa shape index (κ3) is 3.74. The van der Waals surface area contributed by atoms with Crippen LogP contribution in [0.4, 0.5) is 9.59 Å². The van der Waals surface area contributed by atoms with E-state index in [9.17, 15) is 24.0 Å². The molecule has 0 atom stereocenters. The average molecular weight is 404 g/mol. The van der Waals surface area contributed by atoms with Crippen molar-refractivity contribution in [3.05, 3.63) is 0 Å². The van der Waals surface area contributed by atoms with Gasteiger partial charge in [-0.15, -0.1) is 0 Å². The Morgan fingerprint density at radius 3 is 2.07 bits per heavy atom. The number of nitrogens with zero attached hydrogens (tertiary/aromatic N) is 2. The first-order valence-corrected chi connectivity index (χ1v) is 10.6. The van der Waals surface area contributed by atoms with E-state index in [1.54, 1.807) is 0 Å². The van der Waals surface area contributed by atoms with E-state index < -0.39 is 36.3 Å². The Morgan fingerprint density at radius 1 is 0.966 bits per heavy atom. The summed E-state index contributed by atoms with van der Waals surface area (Å²) in [5.74, 6) is -0.775. The fourth-order valence-corrected chi connectivity index (χ4v) is 6.05. The highest BCUT2D eigenvalue weighted by atomic mass is 16.2. The molecule has 4 saturated carbocycles. The Labute approximate surface area is 169 Å². The van der Waals surface area contributed by atoms with Gasteiger partial charge >= 0.3 is 23.9 Å². The van der Waals surface area contributed by atoms with Crippen molar-refractivity contribution in [1.29, 1.82) is 0 Å². The van der Waals surface area contributed by atoms with Crippen LogP contribution in [0.5, 0.6) is 0 Å². The Hall–Kier alpha value is -2.45. The number of unbranched alkanes of at least 4 members (excludes halogenated alkanes) is 1. The Balaban J connectivity index is 1.32. The molecule has 2 N–H and O–H groups in total. The Morgan fingerprint density at radius 2 is 1.52 bits per heavy atom. The van der Waals surface area contributed by atoms with Crippen molar-refractivity contribution in [2.45, 2.75) is 63.8 Å². The standard InChI is InChI=1S/C20H28N4O5/c1-2-3-4-23-16(26)17(27)24(19(23)29)11-15(25)21-18(28)22-20-8-12-5-13(9-20)7-14(6-12)10-20/h12-14H,2-11H2,1H3,(H2,21,22,25,28). The van der Waals surface area contributed by atoms with E-state index in [4.69, 9.17) is 0 Å². The molecule has 9 heteroatoms. The molecule has 0 aromatic heterocycles. The van der Waals surface area contributed by atoms with Crippen molar-refractivity contribution in [2.75, 3.05) is 13.1 Å². The number of rotatable bonds is 6. The van der Waals surface area contributed by atoms with Gasteiger partial charge in [0.05, 0.1) is 0 Å². The largest absolute Gasteiger partial charge is 0.334 e. The van der Waals surface area contributed by atoms with E-state index in [1.807, 2.05) is 6.92 Å². The molecular weight excluding hydrogens is 376 g/mol. The highest BCUT2D eigenvalue weighted by Gasteiger charge is 2.51. The van der Waals surface area contributed by atoms with Gasteiger partial charge in [-0.2, -0.15) is 0 Å². The minimum atomic E-state index is -1.03. The summed E-state index contributed by atoms with van der Waals surface area (Å²) in [5.41, 5.74) is -0.245. The van der Waals surface area contributed by atoms with E-state index in [1.165, 1.54) is 19.3 Å². The SMILES string of the molecule is CCCCN1C(=O)C(=O)N(CC(=O)NC(=O)NC23CC4CC(CC(C4)C2)C3)C1=O. The van der Waals surface area contributed by atoms with Crippen LogP contribution in [0.15, 0.2) is 0 Å². The molecule has 4 bridgehead atoms. The van der Waals surface area contributed by atoms with Gasteiger partial charge in [-0.25, -0.2) is 14.5 Å². The van der Waals surface area contributed by atoms with Gasteiger partial charge in [-0.05, 0) is 62.7 Å². The maximum Gasteiger partial charge on any atom is 0.334 e. The number of imide groups is 3. The molecule has 1 saturated heterocycles. The second-order valence-corrected chi connectivity index (χ2v) is 9.18. The summed E-state index contributed by atoms with van der Waals surface area (Å²) in [6, 6.07) is -1.39. The van der Waals surface area contributed by atoms with Crippen molar-refractivity contribution in [2.24, 2.45) is 17.8 Å². The molecule has 0 aromatic carbocycles. The van der Waals surface area contributed by atoms with Gasteiger partial charge in [-0.3, -0.25) is 24.6 Å². The second kappa shape index (κ2) is 7.42. The third-order valence-electron chi connectivity index (χ3n) is 6.84. The first-order chi connectivity index (χ1) is 13.8. The molecule has 0 unspecified atom stereocenters. The molecule has 5 aliphatic rings. The lowest BCUT2D eigenvalue weighted by atomic mass is 9.53. The van der Waals surface area contributed by atoms with Gasteiger partial charge in [0.15, 0.2) is 0 Å². The lowest BCUT2D eigenvalue weighted by Gasteiger charge is -2.56. The van der Waals surface area contributed by atoms with E-state index in [0.29, 0.717) is 29.1 Å². The van der Waals surface area contributed by atoms with Crippen LogP contribution in [-0.4, -0.2) is 58.2 Å². The number of hydrogen-bond donors (Lipinski definition) is 2. The van der Waals surface area contributed by atoms with Crippen molar-refractivity contribution < 1.29 is 24.0 Å². The maximum atomic E-state index is 12.4. The van der Waals surface area contributed by atoms with E-state index >= 15 is 0 Å². The van der Waals surface area contributed by atoms with Gasteiger partial charge in [-0.1, -0.05) is 13.3 Å². The van der Waals surface area contributed by atoms with Crippen LogP contribution in [0.2, 0.25) is 0 Å². The zero-order chi connectivity index (χ0) is 20.8. The summed E-state index contributed by atoms with van der Waals surface area (Å²) in [7, 11) is 0. The second-order valence-electron chi connectivity index (χ2n) is 9.18. The molecule has 158 valence electrons. The quantitative estimate of drug-likeness (QED) is 0.512. The number of amides is 7. The molecule has 0 radical (unpaired) electrons. The fourth-order valence-electron chi connectivity index (χ4n) is 6.05. The summed E-state index contributed by atoms with van der Waals surface area (Å²) >= 11 is 0. The molecular formula is C20H28N4O5. The van der Waals surface area contributed by atoms with Crippen molar-refractivity contribution in [3.8, 4) is 0 Å². The number of hydrogen-bond acceptors (Lipinski definition) is 5. The predicted molar refractivity (Wildman–Crippen MR) is 101 cm³/mol. The van der Waals surface area contributed by atoms with Gasteiger partial charge in [0.2, 0.25) is 5.91 Å². The summed E-state index contributed by atoms with van der Waals surface area (Å²) in [6.07, 6.45) is 7.91. The van der Waals surface area contributed by atoms with Gasteiger partial charge < -0.3 is 5.32 Å². The molecule has 1 aliphatic heterocycles. The average Bonchev–Trinajstić information content (AvgIpc) is 2.81. The molecule has 5 rings (SSSR count). The Kier molecular flexibility index (Phi) is 5.08. The van der Waals surface area contributed by atoms with Crippen LogP contribution in [0.1, 0.15) is 58.3 Å². The van der Waals surface area contributed by atoms with E-state index in [2.05, 4.69) is 10.6 Å². The summed E-state index contributed by atoms with van der Waals surface area (Å²) in [5, 5.41) is 5.24. The maximum absolute atomic E-state index is 12.4. The van der Waals surface area contributed by atoms with Crippen molar-refractivity contribution >= 4 is 29.8 Å². The van der Waals surface area contributed by atoms with Crippen molar-refractivity contribution in [1.82, 2.24) is 20.4 Å². The molecule has 9 nitrogen and oxygen atoms in total. The van der Waals surface area contributed by atoms with Gasteiger partial charge in [0.25, 0.3) is 0 Å². The number of urea groups is 2. The lowest BCUT2D eigenvalue weighted by molar-refractivity contribution is -0.144. The molecule has 0 spiro atoms. The highest BCUT2D eigenvalue weighted by molar-refractivity contribution is 6.45. The zero-order valence-corrected chi connectivity index (χ0v) is 16.7. The molecule has 5 fully saturated rings. The number of nitrogens with one attached hydrogen (secondary N) is 2. The van der Waals surface area contributed by atoms with Crippen LogP contribution in [-0.2, 0) is 14.4 Å². The molecule has 1 heterocycles. The van der Waals surface area contributed by atoms with E-state index in [-0.39, 0.29) is 12.1 Å². The highest BCUT2D eigenvalue weighted by Crippen LogP contribution is 2.55. The molecule has 4 aliphatic carbocycles. The summed E-state index contributed by atoms with van der Waals surface area (Å²) < 4.78 is 0. The number of carbonyl (C=O) groups is 5. The fraction of sp³-hybridized carbons (Fsp3) is 0.750. The predicted octanol–water partition coefficient (Wildman–Crippen LogP) is 1.37. The minimum absolute atomic E-state index is 0.143. The third-order valence-corrected chi connectivity index (χ3v) is 6.84. The van der Waals surface area contributed by atoms with Gasteiger partial charge in [0, 0.05) is 12.1 Å². The number of carbonyl (C=O) groups excluding carboxylic acids is 5. The van der Waals surface area contributed by atoms with Crippen LogP contribution < -0.4 is 10.6 Å². The molecule has 29 heavy (non-hydrogen) atoms. The monoisotopic (exact) mass is 404 g/mol. The lowest BCUT2D eigenvalue weighted by Crippen LogP contribution is -2.62. The van der Waals surface area contributed by atoms with Gasteiger partial charge in [0.1, 0.15) is 6.54 Å². The Bertz CT molecular complexity index is 729. The molecule has 7 amide bonds. The topological polar surface area (TPSA) is 116 Å². The van der Waals surface area contributed by atoms with Crippen LogP contribution in [0, 0.1) is 17.8 Å². The zero-order valence-electron chi connectivity index (χ0n) is 16.7. The normalized spacial score (nSPS) is 32.9. The minimum Gasteiger partial charge on any atom is -0.332 e. The first-order valence-electron chi connectivity index (χ1n) is 10.6. The smallest absolute Gasteiger partial charge is 0.332 e. The van der Waals surface area contributed by atoms with E-state index in [0.717, 1.165) is 30.6 Å². The summed E-state index contributed by atoms with van der Waals surface area (Å²) in [4.78, 5) is 62.4. The summed E-state index contributed by atoms with van der Waals surface area (Å²) in [6.45, 7) is 1.41. The van der Waals surface area contributed by atoms with Crippen LogP contribution >= 0.6 is 0 Å². The van der Waals surface area contributed by atoms with Crippen molar-refractivity contribution in [3.63, 3.8) is 0 Å². The van der Waals surface area contributed by atoms with Crippen LogP contribution in [0.3, 0.4) is 0 Å². The molecule has 0 aromatic rings. The first kappa shape index (κ1) is 19.8.